The summed E-state index contributed by atoms with van der Waals surface area (Å²) in [6.45, 7) is 11.8. The molecule has 0 aromatic carbocycles. The van der Waals surface area contributed by atoms with Crippen molar-refractivity contribution in [2.45, 2.75) is 66.7 Å². The highest BCUT2D eigenvalue weighted by Crippen LogP contribution is 2.31. The maximum atomic E-state index is 2.39. The number of hydrogen-bond acceptors (Lipinski definition) is 0. The van der Waals surface area contributed by atoms with Gasteiger partial charge in [0.05, 0.1) is 0 Å². The molecule has 0 aromatic heterocycles. The van der Waals surface area contributed by atoms with Crippen molar-refractivity contribution < 1.29 is 0 Å². The van der Waals surface area contributed by atoms with Crippen LogP contribution in [0.1, 0.15) is 66.7 Å². The lowest BCUT2D eigenvalue weighted by Crippen LogP contribution is -2.19. The predicted molar refractivity (Wildman–Crippen MR) is 61.9 cm³/mol. The van der Waals surface area contributed by atoms with Gasteiger partial charge in [-0.2, -0.15) is 0 Å². The summed E-state index contributed by atoms with van der Waals surface area (Å²) in [6, 6.07) is 0. The molecule has 0 rings (SSSR count). The molecule has 0 aliphatic rings. The fraction of sp³-hybridized carbons (Fsp3) is 1.00. The van der Waals surface area contributed by atoms with Crippen molar-refractivity contribution in [2.75, 3.05) is 0 Å². The van der Waals surface area contributed by atoms with Crippen molar-refractivity contribution >= 4 is 0 Å². The molecule has 0 saturated carbocycles. The molecule has 0 radical (unpaired) electrons. The first kappa shape index (κ1) is 13.0. The third kappa shape index (κ3) is 4.69. The van der Waals surface area contributed by atoms with Gasteiger partial charge in [0.25, 0.3) is 0 Å². The molecule has 0 saturated heterocycles. The van der Waals surface area contributed by atoms with E-state index in [2.05, 4.69) is 34.6 Å². The Balaban J connectivity index is 4.11. The maximum absolute atomic E-state index is 2.39. The average molecular weight is 184 g/mol. The molecule has 0 aromatic rings. The Morgan fingerprint density at radius 2 is 1.38 bits per heavy atom. The molecule has 0 aliphatic heterocycles. The second-order valence-electron chi connectivity index (χ2n) is 4.65. The van der Waals surface area contributed by atoms with Gasteiger partial charge >= 0.3 is 0 Å². The van der Waals surface area contributed by atoms with Crippen LogP contribution in [0.2, 0.25) is 0 Å². The Morgan fingerprint density at radius 1 is 0.846 bits per heavy atom. The summed E-state index contributed by atoms with van der Waals surface area (Å²) in [4.78, 5) is 0. The van der Waals surface area contributed by atoms with E-state index in [1.807, 2.05) is 0 Å². The quantitative estimate of drug-likeness (QED) is 0.528. The summed E-state index contributed by atoms with van der Waals surface area (Å²) < 4.78 is 0. The van der Waals surface area contributed by atoms with E-state index in [0.717, 1.165) is 17.8 Å². The van der Waals surface area contributed by atoms with Gasteiger partial charge in [0.15, 0.2) is 0 Å². The molecule has 0 aliphatic carbocycles. The lowest BCUT2D eigenvalue weighted by molar-refractivity contribution is 0.215. The summed E-state index contributed by atoms with van der Waals surface area (Å²) in [5.74, 6) is 2.82. The predicted octanol–water partition coefficient (Wildman–Crippen LogP) is 4.89. The van der Waals surface area contributed by atoms with Gasteiger partial charge in [-0.3, -0.25) is 0 Å². The smallest absolute Gasteiger partial charge is 0.0363 e. The van der Waals surface area contributed by atoms with E-state index < -0.39 is 0 Å². The molecule has 0 nitrogen and oxygen atoms in total. The molecule has 2 atom stereocenters. The van der Waals surface area contributed by atoms with Crippen molar-refractivity contribution in [3.8, 4) is 0 Å². The maximum Gasteiger partial charge on any atom is -0.0363 e. The van der Waals surface area contributed by atoms with Crippen LogP contribution in [0.5, 0.6) is 0 Å². The standard InChI is InChI=1S/C13H28/c1-6-9-12(8-3)13(10-7-2)11(4)5/h11-13H,6-10H2,1-5H3. The first-order valence-electron chi connectivity index (χ1n) is 6.17. The van der Waals surface area contributed by atoms with Crippen LogP contribution in [0.3, 0.4) is 0 Å². The lowest BCUT2D eigenvalue weighted by atomic mass is 9.77. The molecule has 0 heteroatoms. The highest BCUT2D eigenvalue weighted by molar-refractivity contribution is 4.71. The lowest BCUT2D eigenvalue weighted by Gasteiger charge is -2.29. The molecule has 0 N–H and O–H groups in total. The molecule has 0 amide bonds. The van der Waals surface area contributed by atoms with Crippen LogP contribution >= 0.6 is 0 Å². The van der Waals surface area contributed by atoms with Crippen molar-refractivity contribution in [3.63, 3.8) is 0 Å². The summed E-state index contributed by atoms with van der Waals surface area (Å²) in [6.07, 6.45) is 6.93. The second kappa shape index (κ2) is 7.41. The minimum absolute atomic E-state index is 0.872. The Hall–Kier alpha value is 0. The van der Waals surface area contributed by atoms with Crippen molar-refractivity contribution in [1.29, 1.82) is 0 Å². The Morgan fingerprint density at radius 3 is 1.69 bits per heavy atom. The largest absolute Gasteiger partial charge is 0.0654 e. The molecular weight excluding hydrogens is 156 g/mol. The minimum atomic E-state index is 0.872. The Labute approximate surface area is 85.1 Å². The van der Waals surface area contributed by atoms with E-state index in [9.17, 15) is 0 Å². The Bertz CT molecular complexity index is 105. The molecular formula is C13H28. The summed E-state index contributed by atoms with van der Waals surface area (Å²) in [7, 11) is 0. The fourth-order valence-corrected chi connectivity index (χ4v) is 2.54. The second-order valence-corrected chi connectivity index (χ2v) is 4.65. The van der Waals surface area contributed by atoms with Crippen LogP contribution in [0.25, 0.3) is 0 Å². The summed E-state index contributed by atoms with van der Waals surface area (Å²) in [5.41, 5.74) is 0. The molecule has 2 unspecified atom stereocenters. The van der Waals surface area contributed by atoms with Crippen molar-refractivity contribution in [1.82, 2.24) is 0 Å². The number of hydrogen-bond donors (Lipinski definition) is 0. The molecule has 0 fully saturated rings. The van der Waals surface area contributed by atoms with Gasteiger partial charge in [-0.1, -0.05) is 66.7 Å². The highest BCUT2D eigenvalue weighted by Gasteiger charge is 2.21. The van der Waals surface area contributed by atoms with Gasteiger partial charge in [0.1, 0.15) is 0 Å². The van der Waals surface area contributed by atoms with Crippen molar-refractivity contribution in [2.24, 2.45) is 17.8 Å². The van der Waals surface area contributed by atoms with Gasteiger partial charge in [-0.25, -0.2) is 0 Å². The van der Waals surface area contributed by atoms with E-state index >= 15 is 0 Å². The van der Waals surface area contributed by atoms with E-state index in [1.165, 1.54) is 32.1 Å². The van der Waals surface area contributed by atoms with Crippen LogP contribution in [0.15, 0.2) is 0 Å². The van der Waals surface area contributed by atoms with E-state index in [1.54, 1.807) is 0 Å². The molecule has 80 valence electrons. The van der Waals surface area contributed by atoms with Gasteiger partial charge in [0.2, 0.25) is 0 Å². The molecule has 0 bridgehead atoms. The normalized spacial score (nSPS) is 16.2. The zero-order chi connectivity index (χ0) is 10.3. The first-order valence-corrected chi connectivity index (χ1v) is 6.17. The van der Waals surface area contributed by atoms with Crippen LogP contribution in [-0.4, -0.2) is 0 Å². The topological polar surface area (TPSA) is 0 Å². The van der Waals surface area contributed by atoms with Crippen LogP contribution in [0.4, 0.5) is 0 Å². The van der Waals surface area contributed by atoms with Gasteiger partial charge in [0, 0.05) is 0 Å². The average Bonchev–Trinajstić information content (AvgIpc) is 2.10. The van der Waals surface area contributed by atoms with E-state index in [-0.39, 0.29) is 0 Å². The van der Waals surface area contributed by atoms with Crippen LogP contribution in [0, 0.1) is 17.8 Å². The van der Waals surface area contributed by atoms with E-state index in [4.69, 9.17) is 0 Å². The summed E-state index contributed by atoms with van der Waals surface area (Å²) in [5, 5.41) is 0. The van der Waals surface area contributed by atoms with Crippen molar-refractivity contribution in [3.05, 3.63) is 0 Å². The van der Waals surface area contributed by atoms with Crippen LogP contribution < -0.4 is 0 Å². The third-order valence-corrected chi connectivity index (χ3v) is 3.27. The fourth-order valence-electron chi connectivity index (χ4n) is 2.54. The zero-order valence-corrected chi connectivity index (χ0v) is 10.3. The SMILES string of the molecule is CCCC(CC)C(CCC)C(C)C. The van der Waals surface area contributed by atoms with Gasteiger partial charge in [-0.05, 0) is 17.8 Å². The highest BCUT2D eigenvalue weighted by atomic mass is 14.3. The molecule has 0 heterocycles. The third-order valence-electron chi connectivity index (χ3n) is 3.27. The number of rotatable bonds is 7. The van der Waals surface area contributed by atoms with Gasteiger partial charge < -0.3 is 0 Å². The van der Waals surface area contributed by atoms with Gasteiger partial charge in [-0.15, -0.1) is 0 Å². The van der Waals surface area contributed by atoms with E-state index in [0.29, 0.717) is 0 Å². The zero-order valence-electron chi connectivity index (χ0n) is 10.3. The molecule has 0 spiro atoms. The monoisotopic (exact) mass is 184 g/mol. The minimum Gasteiger partial charge on any atom is -0.0654 e. The summed E-state index contributed by atoms with van der Waals surface area (Å²) >= 11 is 0. The first-order chi connectivity index (χ1) is 6.17. The Kier molecular flexibility index (Phi) is 7.41. The molecule has 13 heavy (non-hydrogen) atoms. The van der Waals surface area contributed by atoms with Crippen LogP contribution in [-0.2, 0) is 0 Å².